The Kier molecular flexibility index (Phi) is 17.8. The van der Waals surface area contributed by atoms with E-state index in [9.17, 15) is 0 Å². The normalized spacial score (nSPS) is 11.7. The van der Waals surface area contributed by atoms with E-state index in [4.69, 9.17) is 23.7 Å². The largest absolute Gasteiger partial charge is 0.378 e. The second kappa shape index (κ2) is 18.1. The van der Waals surface area contributed by atoms with Crippen LogP contribution in [-0.2, 0) is 23.7 Å². The molecule has 0 saturated heterocycles. The van der Waals surface area contributed by atoms with Crippen molar-refractivity contribution in [1.82, 2.24) is 9.80 Å². The molecule has 7 heteroatoms. The van der Waals surface area contributed by atoms with Crippen molar-refractivity contribution in [2.75, 3.05) is 107 Å². The molecule has 0 unspecified atom stereocenters. The van der Waals surface area contributed by atoms with E-state index in [-0.39, 0.29) is 0 Å². The summed E-state index contributed by atoms with van der Waals surface area (Å²) in [5.74, 6) is 0. The molecule has 0 aliphatic rings. The quantitative estimate of drug-likeness (QED) is 0.331. The molecule has 0 atom stereocenters. The Morgan fingerprint density at radius 3 is 0.826 bits per heavy atom. The highest BCUT2D eigenvalue weighted by molar-refractivity contribution is 4.41. The van der Waals surface area contributed by atoms with Gasteiger partial charge in [-0.2, -0.15) is 0 Å². The van der Waals surface area contributed by atoms with E-state index in [2.05, 4.69) is 9.80 Å². The molecule has 140 valence electrons. The van der Waals surface area contributed by atoms with E-state index < -0.39 is 0 Å². The van der Waals surface area contributed by atoms with Crippen molar-refractivity contribution in [1.29, 1.82) is 0 Å². The molecule has 0 radical (unpaired) electrons. The van der Waals surface area contributed by atoms with Crippen LogP contribution in [0.5, 0.6) is 0 Å². The van der Waals surface area contributed by atoms with Crippen LogP contribution >= 0.6 is 0 Å². The van der Waals surface area contributed by atoms with Crippen molar-refractivity contribution in [2.24, 2.45) is 0 Å². The average molecular weight is 336 g/mol. The van der Waals surface area contributed by atoms with E-state index in [0.717, 1.165) is 26.3 Å². The minimum absolute atomic E-state index is 0.584. The summed E-state index contributed by atoms with van der Waals surface area (Å²) in [7, 11) is 8.11. The molecule has 0 spiro atoms. The van der Waals surface area contributed by atoms with Gasteiger partial charge in [-0.15, -0.1) is 0 Å². The van der Waals surface area contributed by atoms with Gasteiger partial charge >= 0.3 is 0 Å². The third-order valence-corrected chi connectivity index (χ3v) is 2.85. The maximum absolute atomic E-state index is 5.42. The van der Waals surface area contributed by atoms with Crippen molar-refractivity contribution in [3.8, 4) is 0 Å². The van der Waals surface area contributed by atoms with Gasteiger partial charge in [0.2, 0.25) is 0 Å². The summed E-state index contributed by atoms with van der Waals surface area (Å²) >= 11 is 0. The Morgan fingerprint density at radius 2 is 0.609 bits per heavy atom. The highest BCUT2D eigenvalue weighted by Crippen LogP contribution is 1.85. The first-order valence-corrected chi connectivity index (χ1v) is 8.31. The zero-order chi connectivity index (χ0) is 17.2. The molecule has 0 aliphatic heterocycles. The molecular formula is C16H36N2O5. The number of hydrogen-bond acceptors (Lipinski definition) is 7. The summed E-state index contributed by atoms with van der Waals surface area (Å²) in [6.45, 7) is 8.17. The fourth-order valence-electron chi connectivity index (χ4n) is 1.48. The smallest absolute Gasteiger partial charge is 0.0701 e. The zero-order valence-electron chi connectivity index (χ0n) is 15.4. The predicted molar refractivity (Wildman–Crippen MR) is 91.2 cm³/mol. The molecule has 7 nitrogen and oxygen atoms in total. The monoisotopic (exact) mass is 336 g/mol. The Bertz CT molecular complexity index is 209. The maximum atomic E-state index is 5.42. The lowest BCUT2D eigenvalue weighted by Crippen LogP contribution is -2.20. The Balaban J connectivity index is 2.97. The van der Waals surface area contributed by atoms with E-state index in [1.165, 1.54) is 0 Å². The van der Waals surface area contributed by atoms with Crippen molar-refractivity contribution in [2.45, 2.75) is 0 Å². The summed E-state index contributed by atoms with van der Waals surface area (Å²) in [5.41, 5.74) is 0. The Morgan fingerprint density at radius 1 is 0.391 bits per heavy atom. The van der Waals surface area contributed by atoms with Crippen LogP contribution in [0.2, 0.25) is 0 Å². The number of hydrogen-bond donors (Lipinski definition) is 0. The molecule has 0 bridgehead atoms. The highest BCUT2D eigenvalue weighted by atomic mass is 16.6. The minimum Gasteiger partial charge on any atom is -0.378 e. The second-order valence-electron chi connectivity index (χ2n) is 5.67. The van der Waals surface area contributed by atoms with Crippen LogP contribution in [0.1, 0.15) is 0 Å². The second-order valence-corrected chi connectivity index (χ2v) is 5.67. The molecule has 0 aromatic carbocycles. The molecule has 23 heavy (non-hydrogen) atoms. The minimum atomic E-state index is 0.584. The van der Waals surface area contributed by atoms with E-state index >= 15 is 0 Å². The standard InChI is InChI=1S/C16H36N2O5/c1-17(2)5-7-19-9-11-21-13-15-23-16-14-22-12-10-20-8-6-18(3)4/h5-16H2,1-4H3. The third kappa shape index (κ3) is 21.7. The van der Waals surface area contributed by atoms with Crippen molar-refractivity contribution < 1.29 is 23.7 Å². The summed E-state index contributed by atoms with van der Waals surface area (Å²) in [5, 5.41) is 0. The Hall–Kier alpha value is -0.280. The van der Waals surface area contributed by atoms with Gasteiger partial charge in [0.05, 0.1) is 66.1 Å². The molecule has 0 amide bonds. The van der Waals surface area contributed by atoms with Gasteiger partial charge in [0.15, 0.2) is 0 Å². The van der Waals surface area contributed by atoms with Crippen LogP contribution in [0.3, 0.4) is 0 Å². The van der Waals surface area contributed by atoms with Crippen LogP contribution < -0.4 is 0 Å². The lowest BCUT2D eigenvalue weighted by molar-refractivity contribution is -0.0123. The SMILES string of the molecule is CN(C)CCOCCOCCOCCOCCOCCN(C)C. The first kappa shape index (κ1) is 22.7. The molecule has 0 fully saturated rings. The number of ether oxygens (including phenoxy) is 5. The average Bonchev–Trinajstić information content (AvgIpc) is 2.49. The lowest BCUT2D eigenvalue weighted by Gasteiger charge is -2.10. The van der Waals surface area contributed by atoms with Crippen molar-refractivity contribution in [3.05, 3.63) is 0 Å². The van der Waals surface area contributed by atoms with Gasteiger partial charge in [-0.25, -0.2) is 0 Å². The summed E-state index contributed by atoms with van der Waals surface area (Å²) in [6, 6.07) is 0. The Labute approximate surface area is 141 Å². The summed E-state index contributed by atoms with van der Waals surface area (Å²) < 4.78 is 27.0. The van der Waals surface area contributed by atoms with E-state index in [1.807, 2.05) is 28.2 Å². The van der Waals surface area contributed by atoms with Crippen LogP contribution in [0.4, 0.5) is 0 Å². The molecule has 0 aromatic heterocycles. The lowest BCUT2D eigenvalue weighted by atomic mass is 10.6. The van der Waals surface area contributed by atoms with Crippen molar-refractivity contribution >= 4 is 0 Å². The summed E-state index contributed by atoms with van der Waals surface area (Å²) in [4.78, 5) is 4.18. The number of likely N-dealkylation sites (N-methyl/N-ethyl adjacent to an activating group) is 2. The maximum Gasteiger partial charge on any atom is 0.0701 e. The van der Waals surface area contributed by atoms with Crippen LogP contribution in [0.15, 0.2) is 0 Å². The van der Waals surface area contributed by atoms with Gasteiger partial charge in [0, 0.05) is 13.1 Å². The van der Waals surface area contributed by atoms with Crippen molar-refractivity contribution in [3.63, 3.8) is 0 Å². The van der Waals surface area contributed by atoms with Gasteiger partial charge in [-0.3, -0.25) is 0 Å². The highest BCUT2D eigenvalue weighted by Gasteiger charge is 1.94. The first-order chi connectivity index (χ1) is 11.1. The van der Waals surface area contributed by atoms with Crippen LogP contribution in [0, 0.1) is 0 Å². The van der Waals surface area contributed by atoms with Crippen LogP contribution in [0.25, 0.3) is 0 Å². The number of rotatable bonds is 18. The topological polar surface area (TPSA) is 52.6 Å². The molecule has 0 heterocycles. The van der Waals surface area contributed by atoms with Crippen LogP contribution in [-0.4, -0.2) is 117 Å². The van der Waals surface area contributed by atoms with E-state index in [1.54, 1.807) is 0 Å². The third-order valence-electron chi connectivity index (χ3n) is 2.85. The summed E-state index contributed by atoms with van der Waals surface area (Å²) in [6.07, 6.45) is 0. The molecule has 0 aromatic rings. The molecule has 0 aliphatic carbocycles. The van der Waals surface area contributed by atoms with E-state index in [0.29, 0.717) is 52.9 Å². The zero-order valence-corrected chi connectivity index (χ0v) is 15.4. The van der Waals surface area contributed by atoms with Gasteiger partial charge in [-0.1, -0.05) is 0 Å². The number of nitrogens with zero attached hydrogens (tertiary/aromatic N) is 2. The predicted octanol–water partition coefficient (Wildman–Crippen LogP) is 0.193. The van der Waals surface area contributed by atoms with Gasteiger partial charge in [0.1, 0.15) is 0 Å². The molecule has 0 saturated carbocycles. The molecular weight excluding hydrogens is 300 g/mol. The molecule has 0 rings (SSSR count). The molecule has 0 N–H and O–H groups in total. The van der Waals surface area contributed by atoms with Gasteiger partial charge in [-0.05, 0) is 28.2 Å². The fourth-order valence-corrected chi connectivity index (χ4v) is 1.48. The van der Waals surface area contributed by atoms with Gasteiger partial charge < -0.3 is 33.5 Å². The van der Waals surface area contributed by atoms with Gasteiger partial charge in [0.25, 0.3) is 0 Å². The fraction of sp³-hybridized carbons (Fsp3) is 1.00. The first-order valence-electron chi connectivity index (χ1n) is 8.31.